The van der Waals surface area contributed by atoms with Gasteiger partial charge >= 0.3 is 0 Å². The molecule has 1 N–H and O–H groups in total. The van der Waals surface area contributed by atoms with Crippen LogP contribution in [0.25, 0.3) is 0 Å². The quantitative estimate of drug-likeness (QED) is 0.798. The smallest absolute Gasteiger partial charge is 0.236 e. The zero-order valence-corrected chi connectivity index (χ0v) is 10.2. The van der Waals surface area contributed by atoms with Crippen LogP contribution in [0.4, 0.5) is 0 Å². The van der Waals surface area contributed by atoms with Crippen molar-refractivity contribution in [1.82, 2.24) is 15.3 Å². The molecule has 5 heteroatoms. The van der Waals surface area contributed by atoms with Crippen LogP contribution in [-0.4, -0.2) is 36.1 Å². The molecule has 0 fully saturated rings. The number of nitrogens with one attached hydrogen (secondary N) is 1. The maximum absolute atomic E-state index is 5.19. The lowest BCUT2D eigenvalue weighted by Gasteiger charge is -2.16. The van der Waals surface area contributed by atoms with Gasteiger partial charge in [0.05, 0.1) is 13.2 Å². The molecule has 0 aliphatic carbocycles. The van der Waals surface area contributed by atoms with Gasteiger partial charge in [-0.25, -0.2) is 4.98 Å². The second kappa shape index (κ2) is 6.63. The third-order valence-corrected chi connectivity index (χ3v) is 2.82. The fraction of sp³-hybridized carbons (Fsp3) is 0.600. The summed E-state index contributed by atoms with van der Waals surface area (Å²) >= 11 is 1.82. The van der Waals surface area contributed by atoms with Crippen molar-refractivity contribution in [3.63, 3.8) is 0 Å². The molecule has 4 nitrogen and oxygen atoms in total. The van der Waals surface area contributed by atoms with E-state index in [0.29, 0.717) is 5.88 Å². The van der Waals surface area contributed by atoms with Crippen LogP contribution in [0.2, 0.25) is 0 Å². The number of ether oxygens (including phenoxy) is 1. The molecule has 0 amide bonds. The fourth-order valence-corrected chi connectivity index (χ4v) is 1.86. The van der Waals surface area contributed by atoms with E-state index in [0.717, 1.165) is 17.9 Å². The Morgan fingerprint density at radius 1 is 1.47 bits per heavy atom. The molecule has 0 saturated carbocycles. The minimum absolute atomic E-state index is 0.209. The molecule has 1 atom stereocenters. The number of methoxy groups -OCH3 is 1. The summed E-state index contributed by atoms with van der Waals surface area (Å²) in [7, 11) is 3.55. The molecule has 1 unspecified atom stereocenters. The van der Waals surface area contributed by atoms with E-state index >= 15 is 0 Å². The SMILES string of the molecule is CNC(CCSC)c1nccnc1OC. The summed E-state index contributed by atoms with van der Waals surface area (Å²) in [5.74, 6) is 1.70. The first-order valence-corrected chi connectivity index (χ1v) is 6.24. The highest BCUT2D eigenvalue weighted by atomic mass is 32.2. The minimum atomic E-state index is 0.209. The number of hydrogen-bond donors (Lipinski definition) is 1. The Labute approximate surface area is 94.8 Å². The molecule has 0 spiro atoms. The van der Waals surface area contributed by atoms with Gasteiger partial charge in [-0.1, -0.05) is 0 Å². The number of hydrogen-bond acceptors (Lipinski definition) is 5. The molecule has 0 saturated heterocycles. The van der Waals surface area contributed by atoms with Crippen molar-refractivity contribution in [2.75, 3.05) is 26.2 Å². The van der Waals surface area contributed by atoms with E-state index in [2.05, 4.69) is 21.5 Å². The average Bonchev–Trinajstić information content (AvgIpc) is 2.30. The molecule has 1 heterocycles. The third kappa shape index (κ3) is 3.35. The molecule has 0 radical (unpaired) electrons. The first kappa shape index (κ1) is 12.3. The summed E-state index contributed by atoms with van der Waals surface area (Å²) in [5, 5.41) is 3.23. The van der Waals surface area contributed by atoms with E-state index < -0.39 is 0 Å². The summed E-state index contributed by atoms with van der Waals surface area (Å²) in [5.41, 5.74) is 0.886. The lowest BCUT2D eigenvalue weighted by molar-refractivity contribution is 0.378. The first-order valence-electron chi connectivity index (χ1n) is 4.84. The summed E-state index contributed by atoms with van der Waals surface area (Å²) in [6, 6.07) is 0.209. The van der Waals surface area contributed by atoms with Crippen LogP contribution < -0.4 is 10.1 Å². The summed E-state index contributed by atoms with van der Waals surface area (Å²) < 4.78 is 5.19. The van der Waals surface area contributed by atoms with E-state index in [9.17, 15) is 0 Å². The highest BCUT2D eigenvalue weighted by molar-refractivity contribution is 7.98. The number of rotatable bonds is 6. The zero-order valence-electron chi connectivity index (χ0n) is 9.36. The molecule has 0 aliphatic rings. The largest absolute Gasteiger partial charge is 0.480 e. The normalized spacial score (nSPS) is 12.5. The van der Waals surface area contributed by atoms with E-state index in [-0.39, 0.29) is 6.04 Å². The average molecular weight is 227 g/mol. The van der Waals surface area contributed by atoms with Gasteiger partial charge in [-0.15, -0.1) is 0 Å². The number of aromatic nitrogens is 2. The Kier molecular flexibility index (Phi) is 5.42. The van der Waals surface area contributed by atoms with E-state index in [4.69, 9.17) is 4.74 Å². The van der Waals surface area contributed by atoms with Crippen LogP contribution in [0, 0.1) is 0 Å². The van der Waals surface area contributed by atoms with Crippen LogP contribution in [0.3, 0.4) is 0 Å². The summed E-state index contributed by atoms with van der Waals surface area (Å²) in [4.78, 5) is 8.46. The number of thioether (sulfide) groups is 1. The molecule has 1 aromatic rings. The molecule has 0 bridgehead atoms. The van der Waals surface area contributed by atoms with Gasteiger partial charge < -0.3 is 10.1 Å². The molecular formula is C10H17N3OS. The predicted octanol–water partition coefficient (Wildman–Crippen LogP) is 1.50. The van der Waals surface area contributed by atoms with E-state index in [1.165, 1.54) is 0 Å². The van der Waals surface area contributed by atoms with Crippen molar-refractivity contribution in [2.24, 2.45) is 0 Å². The Balaban J connectivity index is 2.80. The van der Waals surface area contributed by atoms with Crippen LogP contribution in [0.5, 0.6) is 5.88 Å². The molecular weight excluding hydrogens is 210 g/mol. The van der Waals surface area contributed by atoms with Gasteiger partial charge in [-0.2, -0.15) is 11.8 Å². The molecule has 15 heavy (non-hydrogen) atoms. The molecule has 0 aliphatic heterocycles. The second-order valence-corrected chi connectivity index (χ2v) is 4.06. The maximum atomic E-state index is 5.19. The van der Waals surface area contributed by atoms with Crippen molar-refractivity contribution in [2.45, 2.75) is 12.5 Å². The maximum Gasteiger partial charge on any atom is 0.236 e. The molecule has 0 aromatic carbocycles. The van der Waals surface area contributed by atoms with Crippen molar-refractivity contribution in [3.05, 3.63) is 18.1 Å². The Morgan fingerprint density at radius 2 is 2.20 bits per heavy atom. The van der Waals surface area contributed by atoms with Crippen LogP contribution in [0.15, 0.2) is 12.4 Å². The highest BCUT2D eigenvalue weighted by Crippen LogP contribution is 2.22. The van der Waals surface area contributed by atoms with Gasteiger partial charge in [-0.3, -0.25) is 4.98 Å². The zero-order chi connectivity index (χ0) is 11.1. The summed E-state index contributed by atoms with van der Waals surface area (Å²) in [6.07, 6.45) is 6.46. The van der Waals surface area contributed by atoms with Crippen molar-refractivity contribution in [3.8, 4) is 5.88 Å². The fourth-order valence-electron chi connectivity index (χ4n) is 1.39. The van der Waals surface area contributed by atoms with Gasteiger partial charge in [0.2, 0.25) is 5.88 Å². The highest BCUT2D eigenvalue weighted by Gasteiger charge is 2.15. The van der Waals surface area contributed by atoms with Crippen molar-refractivity contribution in [1.29, 1.82) is 0 Å². The van der Waals surface area contributed by atoms with E-state index in [1.807, 2.05) is 18.8 Å². The van der Waals surface area contributed by atoms with Gasteiger partial charge in [0.15, 0.2) is 0 Å². The molecule has 1 rings (SSSR count). The van der Waals surface area contributed by atoms with Crippen LogP contribution in [-0.2, 0) is 0 Å². The topological polar surface area (TPSA) is 47.0 Å². The molecule has 1 aromatic heterocycles. The van der Waals surface area contributed by atoms with Gasteiger partial charge in [0.1, 0.15) is 5.69 Å². The van der Waals surface area contributed by atoms with Crippen molar-refractivity contribution < 1.29 is 4.74 Å². The number of nitrogens with zero attached hydrogens (tertiary/aromatic N) is 2. The monoisotopic (exact) mass is 227 g/mol. The third-order valence-electron chi connectivity index (χ3n) is 2.17. The van der Waals surface area contributed by atoms with Gasteiger partial charge in [-0.05, 0) is 25.5 Å². The second-order valence-electron chi connectivity index (χ2n) is 3.07. The van der Waals surface area contributed by atoms with Crippen LogP contribution >= 0.6 is 11.8 Å². The predicted molar refractivity (Wildman–Crippen MR) is 63.4 cm³/mol. The van der Waals surface area contributed by atoms with Crippen LogP contribution in [0.1, 0.15) is 18.2 Å². The van der Waals surface area contributed by atoms with Gasteiger partial charge in [0.25, 0.3) is 0 Å². The lowest BCUT2D eigenvalue weighted by Crippen LogP contribution is -2.19. The summed E-state index contributed by atoms with van der Waals surface area (Å²) in [6.45, 7) is 0. The molecule has 84 valence electrons. The lowest BCUT2D eigenvalue weighted by atomic mass is 10.1. The van der Waals surface area contributed by atoms with Crippen molar-refractivity contribution >= 4 is 11.8 Å². The Hall–Kier alpha value is -0.810. The standard InChI is InChI=1S/C10H17N3OS/c1-11-8(4-7-15-3)9-10(14-2)13-6-5-12-9/h5-6,8,11H,4,7H2,1-3H3. The Morgan fingerprint density at radius 3 is 2.80 bits per heavy atom. The minimum Gasteiger partial charge on any atom is -0.480 e. The Bertz CT molecular complexity index is 296. The van der Waals surface area contributed by atoms with E-state index in [1.54, 1.807) is 19.5 Å². The first-order chi connectivity index (χ1) is 7.33. The van der Waals surface area contributed by atoms with Gasteiger partial charge in [0, 0.05) is 12.4 Å².